The van der Waals surface area contributed by atoms with Crippen LogP contribution in [0.2, 0.25) is 5.02 Å². The maximum Gasteiger partial charge on any atom is 0.255 e. The van der Waals surface area contributed by atoms with E-state index in [0.29, 0.717) is 39.1 Å². The predicted molar refractivity (Wildman–Crippen MR) is 105 cm³/mol. The summed E-state index contributed by atoms with van der Waals surface area (Å²) in [6.45, 7) is 0. The van der Waals surface area contributed by atoms with Crippen LogP contribution in [0.25, 0.3) is 0 Å². The van der Waals surface area contributed by atoms with Crippen LogP contribution in [0.1, 0.15) is 15.9 Å². The zero-order chi connectivity index (χ0) is 19.2. The van der Waals surface area contributed by atoms with E-state index < -0.39 is 0 Å². The van der Waals surface area contributed by atoms with Gasteiger partial charge in [-0.3, -0.25) is 4.79 Å². The van der Waals surface area contributed by atoms with Crippen molar-refractivity contribution in [2.75, 3.05) is 17.7 Å². The molecule has 1 amide bonds. The van der Waals surface area contributed by atoms with Crippen molar-refractivity contribution < 1.29 is 9.53 Å². The van der Waals surface area contributed by atoms with Crippen LogP contribution in [0.4, 0.5) is 17.2 Å². The monoisotopic (exact) mass is 378 g/mol. The molecule has 1 heterocycles. The molecule has 0 aliphatic carbocycles. The molecule has 3 aromatic rings. The Hall–Kier alpha value is -3.56. The molecule has 27 heavy (non-hydrogen) atoms. The first kappa shape index (κ1) is 18.2. The molecule has 0 aliphatic heterocycles. The first-order chi connectivity index (χ1) is 13.1. The number of nitriles is 1. The maximum atomic E-state index is 12.5. The van der Waals surface area contributed by atoms with Crippen LogP contribution >= 0.6 is 11.6 Å². The Morgan fingerprint density at radius 3 is 2.63 bits per heavy atom. The minimum absolute atomic E-state index is 0.289. The van der Waals surface area contributed by atoms with Gasteiger partial charge < -0.3 is 15.4 Å². The van der Waals surface area contributed by atoms with Crippen molar-refractivity contribution >= 4 is 34.7 Å². The van der Waals surface area contributed by atoms with Crippen LogP contribution in [0, 0.1) is 11.3 Å². The number of nitrogens with zero attached hydrogens (tertiary/aromatic N) is 2. The first-order valence-corrected chi connectivity index (χ1v) is 8.35. The van der Waals surface area contributed by atoms with Crippen molar-refractivity contribution in [2.24, 2.45) is 0 Å². The molecule has 0 aliphatic rings. The van der Waals surface area contributed by atoms with Crippen molar-refractivity contribution in [3.8, 4) is 11.8 Å². The van der Waals surface area contributed by atoms with E-state index in [9.17, 15) is 4.79 Å². The van der Waals surface area contributed by atoms with Crippen LogP contribution in [-0.4, -0.2) is 18.0 Å². The van der Waals surface area contributed by atoms with Crippen molar-refractivity contribution in [2.45, 2.75) is 0 Å². The molecule has 134 valence electrons. The van der Waals surface area contributed by atoms with E-state index in [4.69, 9.17) is 21.6 Å². The maximum absolute atomic E-state index is 12.5. The molecular weight excluding hydrogens is 364 g/mol. The quantitative estimate of drug-likeness (QED) is 0.676. The Morgan fingerprint density at radius 1 is 1.15 bits per heavy atom. The van der Waals surface area contributed by atoms with Crippen molar-refractivity contribution in [3.05, 3.63) is 76.9 Å². The molecule has 0 radical (unpaired) electrons. The second-order valence-corrected chi connectivity index (χ2v) is 5.98. The Balaban J connectivity index is 1.77. The number of aromatic nitrogens is 1. The second-order valence-electron chi connectivity index (χ2n) is 5.54. The lowest BCUT2D eigenvalue weighted by Gasteiger charge is -2.12. The fourth-order valence-corrected chi connectivity index (χ4v) is 2.56. The molecule has 0 spiro atoms. The molecule has 1 aromatic heterocycles. The number of methoxy groups -OCH3 is 1. The van der Waals surface area contributed by atoms with E-state index in [-0.39, 0.29) is 5.91 Å². The zero-order valence-electron chi connectivity index (χ0n) is 14.4. The first-order valence-electron chi connectivity index (χ1n) is 7.97. The highest BCUT2D eigenvalue weighted by molar-refractivity contribution is 6.31. The minimum Gasteiger partial charge on any atom is -0.495 e. The van der Waals surface area contributed by atoms with Crippen LogP contribution < -0.4 is 15.4 Å². The minimum atomic E-state index is -0.289. The third-order valence-corrected chi connectivity index (χ3v) is 3.95. The van der Waals surface area contributed by atoms with Gasteiger partial charge in [0, 0.05) is 22.5 Å². The number of ether oxygens (including phenoxy) is 1. The van der Waals surface area contributed by atoms with Crippen molar-refractivity contribution in [1.82, 2.24) is 4.98 Å². The van der Waals surface area contributed by atoms with E-state index in [1.807, 2.05) is 6.07 Å². The van der Waals surface area contributed by atoms with Gasteiger partial charge in [-0.05, 0) is 54.6 Å². The average Bonchev–Trinajstić information content (AvgIpc) is 2.69. The number of hydrogen-bond donors (Lipinski definition) is 2. The third kappa shape index (κ3) is 4.54. The highest BCUT2D eigenvalue weighted by atomic mass is 35.5. The fraction of sp³-hybridized carbons (Fsp3) is 0.0500. The summed E-state index contributed by atoms with van der Waals surface area (Å²) in [6, 6.07) is 17.1. The molecule has 0 fully saturated rings. The van der Waals surface area contributed by atoms with Gasteiger partial charge in [0.15, 0.2) is 0 Å². The summed E-state index contributed by atoms with van der Waals surface area (Å²) in [7, 11) is 1.56. The number of anilines is 3. The van der Waals surface area contributed by atoms with E-state index >= 15 is 0 Å². The summed E-state index contributed by atoms with van der Waals surface area (Å²) in [5.74, 6) is 0.792. The van der Waals surface area contributed by atoms with E-state index in [0.717, 1.165) is 0 Å². The van der Waals surface area contributed by atoms with E-state index in [1.54, 1.807) is 61.7 Å². The second kappa shape index (κ2) is 8.21. The van der Waals surface area contributed by atoms with Crippen LogP contribution in [0.3, 0.4) is 0 Å². The number of amides is 1. The fourth-order valence-electron chi connectivity index (χ4n) is 2.39. The number of pyridine rings is 1. The Labute approximate surface area is 161 Å². The molecule has 0 unspecified atom stereocenters. The van der Waals surface area contributed by atoms with Gasteiger partial charge in [0.2, 0.25) is 0 Å². The van der Waals surface area contributed by atoms with Crippen LogP contribution in [-0.2, 0) is 0 Å². The number of hydrogen-bond acceptors (Lipinski definition) is 5. The standard InChI is InChI=1S/C20H15ClN4O2/c1-27-18-7-4-15(21)11-17(18)25-19-10-14(8-9-23-19)20(26)24-16-5-2-13(12-22)3-6-16/h2-11H,1H3,(H,23,25)(H,24,26). The molecule has 2 aromatic carbocycles. The zero-order valence-corrected chi connectivity index (χ0v) is 15.1. The number of halogens is 1. The summed E-state index contributed by atoms with van der Waals surface area (Å²) in [4.78, 5) is 16.7. The highest BCUT2D eigenvalue weighted by Gasteiger charge is 2.10. The molecule has 0 saturated carbocycles. The van der Waals surface area contributed by atoms with Crippen molar-refractivity contribution in [1.29, 1.82) is 5.26 Å². The molecular formula is C20H15ClN4O2. The Morgan fingerprint density at radius 2 is 1.93 bits per heavy atom. The molecule has 0 atom stereocenters. The van der Waals surface area contributed by atoms with Gasteiger partial charge in [0.05, 0.1) is 24.4 Å². The van der Waals surface area contributed by atoms with Crippen LogP contribution in [0.5, 0.6) is 5.75 Å². The summed E-state index contributed by atoms with van der Waals surface area (Å²) in [6.07, 6.45) is 1.53. The molecule has 2 N–H and O–H groups in total. The third-order valence-electron chi connectivity index (χ3n) is 3.72. The number of carbonyl (C=O) groups is 1. The van der Waals surface area contributed by atoms with Gasteiger partial charge in [-0.25, -0.2) is 4.98 Å². The summed E-state index contributed by atoms with van der Waals surface area (Å²) in [5, 5.41) is 15.3. The molecule has 0 bridgehead atoms. The molecule has 6 nitrogen and oxygen atoms in total. The van der Waals surface area contributed by atoms with Crippen molar-refractivity contribution in [3.63, 3.8) is 0 Å². The van der Waals surface area contributed by atoms with Gasteiger partial charge in [0.25, 0.3) is 5.91 Å². The SMILES string of the molecule is COc1ccc(Cl)cc1Nc1cc(C(=O)Nc2ccc(C#N)cc2)ccn1. The van der Waals surface area contributed by atoms with Crippen LogP contribution in [0.15, 0.2) is 60.8 Å². The molecule has 0 saturated heterocycles. The lowest BCUT2D eigenvalue weighted by Crippen LogP contribution is -2.12. The normalized spacial score (nSPS) is 9.96. The number of benzene rings is 2. The van der Waals surface area contributed by atoms with Gasteiger partial charge in [0.1, 0.15) is 11.6 Å². The highest BCUT2D eigenvalue weighted by Crippen LogP contribution is 2.30. The van der Waals surface area contributed by atoms with E-state index in [1.165, 1.54) is 6.20 Å². The average molecular weight is 379 g/mol. The molecule has 7 heteroatoms. The smallest absolute Gasteiger partial charge is 0.255 e. The Bertz CT molecular complexity index is 1010. The summed E-state index contributed by atoms with van der Waals surface area (Å²) >= 11 is 6.03. The van der Waals surface area contributed by atoms with Gasteiger partial charge in [-0.2, -0.15) is 5.26 Å². The Kier molecular flexibility index (Phi) is 5.55. The van der Waals surface area contributed by atoms with E-state index in [2.05, 4.69) is 15.6 Å². The van der Waals surface area contributed by atoms with Gasteiger partial charge in [-0.1, -0.05) is 11.6 Å². The lowest BCUT2D eigenvalue weighted by atomic mass is 10.2. The number of nitrogens with one attached hydrogen (secondary N) is 2. The summed E-state index contributed by atoms with van der Waals surface area (Å²) in [5.41, 5.74) is 2.20. The summed E-state index contributed by atoms with van der Waals surface area (Å²) < 4.78 is 5.30. The predicted octanol–water partition coefficient (Wildman–Crippen LogP) is 4.61. The number of carbonyl (C=O) groups excluding carboxylic acids is 1. The van der Waals surface area contributed by atoms with Gasteiger partial charge >= 0.3 is 0 Å². The topological polar surface area (TPSA) is 87.0 Å². The lowest BCUT2D eigenvalue weighted by molar-refractivity contribution is 0.102. The number of rotatable bonds is 5. The van der Waals surface area contributed by atoms with Gasteiger partial charge in [-0.15, -0.1) is 0 Å². The largest absolute Gasteiger partial charge is 0.495 e. The molecule has 3 rings (SSSR count).